The van der Waals surface area contributed by atoms with E-state index >= 15 is 0 Å². The monoisotopic (exact) mass is 462 g/mol. The van der Waals surface area contributed by atoms with Crippen molar-refractivity contribution in [2.45, 2.75) is 134 Å². The molecule has 32 heavy (non-hydrogen) atoms. The quantitative estimate of drug-likeness (QED) is 0.122. The minimum absolute atomic E-state index is 0.0789. The Bertz CT molecular complexity index is 481. The minimum Gasteiger partial charge on any atom is -0.394 e. The van der Waals surface area contributed by atoms with E-state index in [-0.39, 0.29) is 6.42 Å². The molecule has 8 heteroatoms. The molecule has 0 saturated carbocycles. The molecule has 3 atom stereocenters. The molecule has 0 aromatic carbocycles. The van der Waals surface area contributed by atoms with Crippen LogP contribution in [0.4, 0.5) is 0 Å². The van der Waals surface area contributed by atoms with E-state index in [1.807, 2.05) is 0 Å². The summed E-state index contributed by atoms with van der Waals surface area (Å²) < 4.78 is 0. The molecule has 0 rings (SSSR count). The first-order valence-corrected chi connectivity index (χ1v) is 12.4. The summed E-state index contributed by atoms with van der Waals surface area (Å²) in [4.78, 5) is 32.0. The summed E-state index contributed by atoms with van der Waals surface area (Å²) in [5.74, 6) is -2.18. The second-order valence-corrected chi connectivity index (χ2v) is 8.87. The number of rotatable bonds is 20. The second kappa shape index (κ2) is 19.3. The van der Waals surface area contributed by atoms with Gasteiger partial charge < -0.3 is 20.4 Å². The Morgan fingerprint density at radius 3 is 1.56 bits per heavy atom. The lowest BCUT2D eigenvalue weighted by atomic mass is 9.95. The average molecular weight is 463 g/mol. The van der Waals surface area contributed by atoms with Crippen molar-refractivity contribution in [3.05, 3.63) is 0 Å². The van der Waals surface area contributed by atoms with Crippen molar-refractivity contribution in [3.8, 4) is 0 Å². The van der Waals surface area contributed by atoms with Crippen LogP contribution < -0.4 is 0 Å². The third kappa shape index (κ3) is 14.8. The fourth-order valence-corrected chi connectivity index (χ4v) is 3.45. The summed E-state index contributed by atoms with van der Waals surface area (Å²) >= 11 is 0. The molecule has 0 aromatic rings. The van der Waals surface area contributed by atoms with Crippen LogP contribution in [0, 0.1) is 0 Å². The van der Waals surface area contributed by atoms with Crippen molar-refractivity contribution < 1.29 is 39.8 Å². The smallest absolute Gasteiger partial charge is 0.389 e. The van der Waals surface area contributed by atoms with Crippen molar-refractivity contribution in [2.75, 3.05) is 6.61 Å². The van der Waals surface area contributed by atoms with Crippen molar-refractivity contribution >= 4 is 11.9 Å². The molecular weight excluding hydrogens is 416 g/mol. The predicted octanol–water partition coefficient (Wildman–Crippen LogP) is 3.71. The Balaban J connectivity index is 3.60. The number of carbonyl (C=O) groups is 2. The van der Waals surface area contributed by atoms with Gasteiger partial charge in [0.05, 0.1) is 13.0 Å². The third-order valence-corrected chi connectivity index (χ3v) is 5.74. The summed E-state index contributed by atoms with van der Waals surface area (Å²) in [6.07, 6.45) is 14.6. The molecule has 0 aliphatic rings. The first kappa shape index (κ1) is 30.8. The van der Waals surface area contributed by atoms with Gasteiger partial charge in [-0.05, 0) is 13.3 Å². The van der Waals surface area contributed by atoms with Gasteiger partial charge in [-0.3, -0.25) is 0 Å². The van der Waals surface area contributed by atoms with E-state index in [2.05, 4.69) is 16.7 Å². The van der Waals surface area contributed by atoms with E-state index in [9.17, 15) is 24.9 Å². The zero-order valence-corrected chi connectivity index (χ0v) is 20.1. The van der Waals surface area contributed by atoms with Gasteiger partial charge in [-0.2, -0.15) is 0 Å². The van der Waals surface area contributed by atoms with Crippen LogP contribution in [-0.4, -0.2) is 56.8 Å². The number of hydrogen-bond donors (Lipinski definition) is 4. The molecule has 0 bridgehead atoms. The number of aliphatic hydroxyl groups is 4. The molecule has 3 unspecified atom stereocenters. The van der Waals surface area contributed by atoms with Crippen molar-refractivity contribution in [1.29, 1.82) is 0 Å². The van der Waals surface area contributed by atoms with Gasteiger partial charge in [0.15, 0.2) is 5.60 Å². The molecule has 0 saturated heterocycles. The summed E-state index contributed by atoms with van der Waals surface area (Å²) in [7, 11) is 0. The van der Waals surface area contributed by atoms with Crippen LogP contribution in [-0.2, 0) is 19.4 Å². The van der Waals surface area contributed by atoms with Crippen molar-refractivity contribution in [2.24, 2.45) is 0 Å². The van der Waals surface area contributed by atoms with E-state index in [4.69, 9.17) is 5.11 Å². The number of hydrogen-bond acceptors (Lipinski definition) is 8. The summed E-state index contributed by atoms with van der Waals surface area (Å²) in [5.41, 5.74) is -2.53. The molecule has 0 aliphatic heterocycles. The Morgan fingerprint density at radius 1 is 0.750 bits per heavy atom. The fraction of sp³-hybridized carbons (Fsp3) is 0.917. The molecule has 8 nitrogen and oxygen atoms in total. The molecule has 190 valence electrons. The fourth-order valence-electron chi connectivity index (χ4n) is 3.45. The molecule has 0 aromatic heterocycles. The van der Waals surface area contributed by atoms with E-state index in [0.717, 1.165) is 26.2 Å². The molecule has 0 spiro atoms. The van der Waals surface area contributed by atoms with Gasteiger partial charge >= 0.3 is 11.9 Å². The minimum atomic E-state index is -2.53. The van der Waals surface area contributed by atoms with Crippen molar-refractivity contribution in [1.82, 2.24) is 0 Å². The van der Waals surface area contributed by atoms with E-state index in [1.165, 1.54) is 70.6 Å². The standard InChI is InChI=1S/C24H46O8/c1-3-4-5-6-7-8-9-10-11-12-13-14-15-16-17-18-21(27)31-32-23(29)24(2,30)22(28)20(26)19-25/h20,22,25-26,28,30H,3-19H2,1-2H3. The van der Waals surface area contributed by atoms with E-state index in [0.29, 0.717) is 6.42 Å². The molecule has 4 N–H and O–H groups in total. The zero-order valence-electron chi connectivity index (χ0n) is 20.1. The third-order valence-electron chi connectivity index (χ3n) is 5.74. The Hall–Kier alpha value is -1.22. The normalized spacial score (nSPS) is 15.1. The highest BCUT2D eigenvalue weighted by atomic mass is 17.2. The van der Waals surface area contributed by atoms with Gasteiger partial charge in [0.1, 0.15) is 12.2 Å². The number of unbranched alkanes of at least 4 members (excludes halogenated alkanes) is 14. The highest BCUT2D eigenvalue weighted by molar-refractivity contribution is 5.80. The molecule has 0 radical (unpaired) electrons. The molecule has 0 amide bonds. The van der Waals surface area contributed by atoms with Crippen LogP contribution in [0.15, 0.2) is 0 Å². The SMILES string of the molecule is CCCCCCCCCCCCCCCCCC(=O)OOC(=O)C(C)(O)C(O)C(O)CO. The van der Waals surface area contributed by atoms with Gasteiger partial charge in [0.2, 0.25) is 0 Å². The second-order valence-electron chi connectivity index (χ2n) is 8.87. The maximum absolute atomic E-state index is 11.7. The molecule has 0 fully saturated rings. The van der Waals surface area contributed by atoms with Crippen LogP contribution in [0.2, 0.25) is 0 Å². The zero-order chi connectivity index (χ0) is 24.2. The van der Waals surface area contributed by atoms with Gasteiger partial charge in [0.25, 0.3) is 0 Å². The summed E-state index contributed by atoms with van der Waals surface area (Å²) in [5, 5.41) is 37.6. The first-order valence-electron chi connectivity index (χ1n) is 12.4. The first-order chi connectivity index (χ1) is 15.3. The largest absolute Gasteiger partial charge is 0.394 e. The van der Waals surface area contributed by atoms with Gasteiger partial charge in [0, 0.05) is 0 Å². The van der Waals surface area contributed by atoms with Gasteiger partial charge in [-0.15, -0.1) is 0 Å². The maximum atomic E-state index is 11.7. The maximum Gasteiger partial charge on any atom is 0.389 e. The highest BCUT2D eigenvalue weighted by Crippen LogP contribution is 2.17. The van der Waals surface area contributed by atoms with Crippen LogP contribution >= 0.6 is 0 Å². The van der Waals surface area contributed by atoms with Gasteiger partial charge in [-0.25, -0.2) is 19.4 Å². The van der Waals surface area contributed by atoms with Gasteiger partial charge in [-0.1, -0.05) is 96.8 Å². The Kier molecular flexibility index (Phi) is 18.5. The molecule has 0 heterocycles. The van der Waals surface area contributed by atoms with Crippen molar-refractivity contribution in [3.63, 3.8) is 0 Å². The average Bonchev–Trinajstić information content (AvgIpc) is 2.78. The summed E-state index contributed by atoms with van der Waals surface area (Å²) in [6.45, 7) is 2.27. The predicted molar refractivity (Wildman–Crippen MR) is 121 cm³/mol. The van der Waals surface area contributed by atoms with E-state index in [1.54, 1.807) is 0 Å². The van der Waals surface area contributed by atoms with Crippen LogP contribution in [0.3, 0.4) is 0 Å². The molecular formula is C24H46O8. The molecule has 0 aliphatic carbocycles. The van der Waals surface area contributed by atoms with Crippen LogP contribution in [0.1, 0.15) is 117 Å². The summed E-state index contributed by atoms with van der Waals surface area (Å²) in [6, 6.07) is 0. The highest BCUT2D eigenvalue weighted by Gasteiger charge is 2.45. The number of carbonyl (C=O) groups excluding carboxylic acids is 2. The Labute approximate surface area is 193 Å². The topological polar surface area (TPSA) is 134 Å². The number of aliphatic hydroxyl groups excluding tert-OH is 3. The Morgan fingerprint density at radius 2 is 1.16 bits per heavy atom. The lowest BCUT2D eigenvalue weighted by molar-refractivity contribution is -0.276. The van der Waals surface area contributed by atoms with Crippen LogP contribution in [0.25, 0.3) is 0 Å². The van der Waals surface area contributed by atoms with Crippen LogP contribution in [0.5, 0.6) is 0 Å². The van der Waals surface area contributed by atoms with E-state index < -0.39 is 36.4 Å². The lowest BCUT2D eigenvalue weighted by Crippen LogP contribution is -2.54. The lowest BCUT2D eigenvalue weighted by Gasteiger charge is -2.28.